The van der Waals surface area contributed by atoms with Gasteiger partial charge in [-0.2, -0.15) is 10.2 Å². The van der Waals surface area contributed by atoms with Gasteiger partial charge in [-0.15, -0.1) is 0 Å². The number of nitrogens with zero attached hydrogens (tertiary/aromatic N) is 4. The zero-order chi connectivity index (χ0) is 25.7. The Labute approximate surface area is 212 Å². The van der Waals surface area contributed by atoms with Crippen LogP contribution in [0.4, 0.5) is 0 Å². The van der Waals surface area contributed by atoms with Crippen molar-refractivity contribution in [3.8, 4) is 57.7 Å². The van der Waals surface area contributed by atoms with Crippen molar-refractivity contribution < 1.29 is 10.2 Å². The maximum absolute atomic E-state index is 10.3. The summed E-state index contributed by atoms with van der Waals surface area (Å²) in [5.41, 5.74) is 6.52. The van der Waals surface area contributed by atoms with Crippen molar-refractivity contribution in [3.63, 3.8) is 0 Å². The molecule has 6 nitrogen and oxygen atoms in total. The highest BCUT2D eigenvalue weighted by Crippen LogP contribution is 2.32. The first kappa shape index (κ1) is 24.7. The quantitative estimate of drug-likeness (QED) is 0.294. The first-order chi connectivity index (χ1) is 17.3. The molecule has 4 rings (SSSR count). The highest BCUT2D eigenvalue weighted by molar-refractivity contribution is 5.74. The Morgan fingerprint density at radius 1 is 0.694 bits per heavy atom. The monoisotopic (exact) mass is 478 g/mol. The molecule has 0 aliphatic carbocycles. The number of phenolic OH excluding ortho intramolecular Hbond substituents is 2. The summed E-state index contributed by atoms with van der Waals surface area (Å²) in [5, 5.41) is 29.6. The molecule has 0 aliphatic heterocycles. The van der Waals surface area contributed by atoms with Crippen molar-refractivity contribution in [2.45, 2.75) is 39.5 Å². The van der Waals surface area contributed by atoms with Gasteiger partial charge in [0.05, 0.1) is 11.1 Å². The SMILES string of the molecule is Cc1ccc(O)c(-c2nn(C)cc2C#CCCCCC#Cc2cn(C)nc2-c2cc(C)ccc2O)c1. The third-order valence-corrected chi connectivity index (χ3v) is 5.77. The van der Waals surface area contributed by atoms with E-state index in [2.05, 4.69) is 33.9 Å². The van der Waals surface area contributed by atoms with Crippen LogP contribution in [-0.2, 0) is 14.1 Å². The Bertz CT molecular complexity index is 1400. The largest absolute Gasteiger partial charge is 0.507 e. The molecular weight excluding hydrogens is 448 g/mol. The van der Waals surface area contributed by atoms with E-state index in [1.54, 1.807) is 21.5 Å². The smallest absolute Gasteiger partial charge is 0.125 e. The minimum absolute atomic E-state index is 0.204. The van der Waals surface area contributed by atoms with Gasteiger partial charge in [0.2, 0.25) is 0 Å². The number of unbranched alkanes of at least 4 members (excludes halogenated alkanes) is 3. The van der Waals surface area contributed by atoms with Crippen LogP contribution in [0.2, 0.25) is 0 Å². The minimum atomic E-state index is 0.204. The van der Waals surface area contributed by atoms with Gasteiger partial charge in [-0.3, -0.25) is 9.36 Å². The second-order valence-corrected chi connectivity index (χ2v) is 8.98. The van der Waals surface area contributed by atoms with E-state index in [-0.39, 0.29) is 11.5 Å². The predicted molar refractivity (Wildman–Crippen MR) is 142 cm³/mol. The van der Waals surface area contributed by atoms with Crippen LogP contribution in [-0.4, -0.2) is 29.8 Å². The fourth-order valence-electron chi connectivity index (χ4n) is 3.98. The Morgan fingerprint density at radius 2 is 1.11 bits per heavy atom. The van der Waals surface area contributed by atoms with Crippen molar-refractivity contribution in [2.24, 2.45) is 14.1 Å². The molecule has 0 unspecified atom stereocenters. The maximum Gasteiger partial charge on any atom is 0.125 e. The van der Waals surface area contributed by atoms with Crippen LogP contribution in [0, 0.1) is 37.5 Å². The number of benzene rings is 2. The van der Waals surface area contributed by atoms with Crippen molar-refractivity contribution in [1.82, 2.24) is 19.6 Å². The van der Waals surface area contributed by atoms with E-state index in [0.29, 0.717) is 22.5 Å². The van der Waals surface area contributed by atoms with Crippen LogP contribution in [0.5, 0.6) is 11.5 Å². The molecule has 0 saturated heterocycles. The molecule has 0 aliphatic rings. The minimum Gasteiger partial charge on any atom is -0.507 e. The average molecular weight is 479 g/mol. The number of aromatic nitrogens is 4. The summed E-state index contributed by atoms with van der Waals surface area (Å²) >= 11 is 0. The molecule has 0 radical (unpaired) electrons. The average Bonchev–Trinajstić information content (AvgIpc) is 3.40. The molecular formula is C30H30N4O2. The number of hydrogen-bond donors (Lipinski definition) is 2. The van der Waals surface area contributed by atoms with Crippen LogP contribution < -0.4 is 0 Å². The van der Waals surface area contributed by atoms with Gasteiger partial charge in [-0.1, -0.05) is 46.9 Å². The third kappa shape index (κ3) is 5.79. The van der Waals surface area contributed by atoms with Crippen molar-refractivity contribution >= 4 is 0 Å². The summed E-state index contributed by atoms with van der Waals surface area (Å²) < 4.78 is 3.44. The third-order valence-electron chi connectivity index (χ3n) is 5.77. The lowest BCUT2D eigenvalue weighted by molar-refractivity contribution is 0.476. The van der Waals surface area contributed by atoms with Gasteiger partial charge in [0, 0.05) is 50.5 Å². The first-order valence-electron chi connectivity index (χ1n) is 12.0. The topological polar surface area (TPSA) is 76.1 Å². The second-order valence-electron chi connectivity index (χ2n) is 8.98. The van der Waals surface area contributed by atoms with Crippen LogP contribution >= 0.6 is 0 Å². The molecule has 2 aromatic carbocycles. The van der Waals surface area contributed by atoms with Crippen molar-refractivity contribution in [1.29, 1.82) is 0 Å². The van der Waals surface area contributed by atoms with Gasteiger partial charge >= 0.3 is 0 Å². The predicted octanol–water partition coefficient (Wildman–Crippen LogP) is 5.48. The van der Waals surface area contributed by atoms with E-state index in [4.69, 9.17) is 0 Å². The molecule has 182 valence electrons. The molecule has 0 atom stereocenters. The number of hydrogen-bond acceptors (Lipinski definition) is 4. The van der Waals surface area contributed by atoms with E-state index in [9.17, 15) is 10.2 Å². The van der Waals surface area contributed by atoms with E-state index in [1.807, 2.05) is 64.6 Å². The number of aryl methyl sites for hydroxylation is 4. The van der Waals surface area contributed by atoms with Gasteiger partial charge in [-0.05, 0) is 51.0 Å². The standard InChI is InChI=1S/C30H30N4O2/c1-21-13-15-27(35)25(17-21)29-23(19-33(3)31-29)11-9-7-5-6-8-10-12-24-20-34(4)32-30(24)26-18-22(2)14-16-28(26)36/h13-20,35-36H,5-8H2,1-4H3. The van der Waals surface area contributed by atoms with Gasteiger partial charge in [0.25, 0.3) is 0 Å². The summed E-state index contributed by atoms with van der Waals surface area (Å²) in [6.07, 6.45) is 7.15. The summed E-state index contributed by atoms with van der Waals surface area (Å²) in [6, 6.07) is 11.0. The van der Waals surface area contributed by atoms with E-state index < -0.39 is 0 Å². The molecule has 0 bridgehead atoms. The maximum atomic E-state index is 10.3. The molecule has 2 aromatic heterocycles. The fourth-order valence-corrected chi connectivity index (χ4v) is 3.98. The van der Waals surface area contributed by atoms with Gasteiger partial charge in [0.1, 0.15) is 22.9 Å². The first-order valence-corrected chi connectivity index (χ1v) is 12.0. The molecule has 4 aromatic rings. The summed E-state index contributed by atoms with van der Waals surface area (Å²) in [6.45, 7) is 3.98. The fraction of sp³-hybridized carbons (Fsp3) is 0.267. The normalized spacial score (nSPS) is 10.4. The molecule has 2 N–H and O–H groups in total. The molecule has 0 amide bonds. The van der Waals surface area contributed by atoms with E-state index in [0.717, 1.165) is 47.9 Å². The lowest BCUT2D eigenvalue weighted by Gasteiger charge is -2.03. The van der Waals surface area contributed by atoms with Crippen LogP contribution in [0.3, 0.4) is 0 Å². The van der Waals surface area contributed by atoms with Gasteiger partial charge in [-0.25, -0.2) is 0 Å². The molecule has 0 fully saturated rings. The van der Waals surface area contributed by atoms with Gasteiger partial charge in [0.15, 0.2) is 0 Å². The van der Waals surface area contributed by atoms with E-state index >= 15 is 0 Å². The summed E-state index contributed by atoms with van der Waals surface area (Å²) in [7, 11) is 3.71. The van der Waals surface area contributed by atoms with Crippen molar-refractivity contribution in [3.05, 3.63) is 71.0 Å². The second kappa shape index (κ2) is 10.9. The lowest BCUT2D eigenvalue weighted by atomic mass is 10.0. The molecule has 6 heteroatoms. The molecule has 0 spiro atoms. The summed E-state index contributed by atoms with van der Waals surface area (Å²) in [5.74, 6) is 13.3. The van der Waals surface area contributed by atoms with Gasteiger partial charge < -0.3 is 10.2 Å². The zero-order valence-electron chi connectivity index (χ0n) is 21.1. The molecule has 36 heavy (non-hydrogen) atoms. The Balaban J connectivity index is 1.36. The highest BCUT2D eigenvalue weighted by Gasteiger charge is 2.14. The van der Waals surface area contributed by atoms with Crippen molar-refractivity contribution in [2.75, 3.05) is 0 Å². The zero-order valence-corrected chi connectivity index (χ0v) is 21.1. The Morgan fingerprint density at radius 3 is 1.53 bits per heavy atom. The Hall–Kier alpha value is -4.42. The van der Waals surface area contributed by atoms with Crippen LogP contribution in [0.1, 0.15) is 47.9 Å². The number of phenols is 2. The lowest BCUT2D eigenvalue weighted by Crippen LogP contribution is -1.89. The van der Waals surface area contributed by atoms with E-state index in [1.165, 1.54) is 0 Å². The summed E-state index contributed by atoms with van der Waals surface area (Å²) in [4.78, 5) is 0. The molecule has 0 saturated carbocycles. The highest BCUT2D eigenvalue weighted by atomic mass is 16.3. The Kier molecular flexibility index (Phi) is 7.47. The number of aromatic hydroxyl groups is 2. The molecule has 2 heterocycles. The van der Waals surface area contributed by atoms with Crippen LogP contribution in [0.15, 0.2) is 48.8 Å². The van der Waals surface area contributed by atoms with Crippen LogP contribution in [0.25, 0.3) is 22.5 Å². The number of rotatable bonds is 5.